The number of nitrogens with zero attached hydrogens (tertiary/aromatic N) is 1. The summed E-state index contributed by atoms with van der Waals surface area (Å²) in [5.41, 5.74) is 2.33. The molecule has 0 atom stereocenters. The molecule has 6 heteroatoms. The van der Waals surface area contributed by atoms with E-state index < -0.39 is 5.91 Å². The molecule has 122 valence electrons. The number of methoxy groups -OCH3 is 1. The molecular weight excluding hydrogens is 436 g/mol. The Morgan fingerprint density at radius 2 is 1.92 bits per heavy atom. The number of benzene rings is 2. The third-order valence-electron chi connectivity index (χ3n) is 3.22. The summed E-state index contributed by atoms with van der Waals surface area (Å²) in [6.07, 6.45) is 1.50. The van der Waals surface area contributed by atoms with Crippen molar-refractivity contribution in [2.75, 3.05) is 12.4 Å². The topological polar surface area (TPSA) is 62.1 Å². The second-order valence-electron chi connectivity index (χ2n) is 5.00. The third kappa shape index (κ3) is 4.47. The molecule has 24 heavy (non-hydrogen) atoms. The highest BCUT2D eigenvalue weighted by Gasteiger charge is 2.13. The van der Waals surface area contributed by atoms with Crippen LogP contribution in [0.4, 0.5) is 5.69 Å². The normalized spacial score (nSPS) is 10.9. The molecular formula is C18H14Br2N2O2. The molecule has 2 aromatic carbocycles. The number of rotatable bonds is 4. The lowest BCUT2D eigenvalue weighted by molar-refractivity contribution is -0.112. The second-order valence-corrected chi connectivity index (χ2v) is 6.77. The molecule has 0 bridgehead atoms. The summed E-state index contributed by atoms with van der Waals surface area (Å²) in [5, 5.41) is 12.1. The number of halogens is 2. The monoisotopic (exact) mass is 448 g/mol. The van der Waals surface area contributed by atoms with Crippen molar-refractivity contribution < 1.29 is 9.53 Å². The molecule has 0 saturated carbocycles. The van der Waals surface area contributed by atoms with Crippen molar-refractivity contribution >= 4 is 49.5 Å². The van der Waals surface area contributed by atoms with E-state index in [4.69, 9.17) is 4.74 Å². The zero-order valence-electron chi connectivity index (χ0n) is 13.1. The average molecular weight is 450 g/mol. The lowest BCUT2D eigenvalue weighted by Gasteiger charge is -2.09. The fourth-order valence-corrected chi connectivity index (χ4v) is 3.46. The van der Waals surface area contributed by atoms with Gasteiger partial charge in [0, 0.05) is 15.7 Å². The quantitative estimate of drug-likeness (QED) is 0.523. The molecule has 0 aliphatic rings. The molecule has 0 unspecified atom stereocenters. The molecule has 0 aliphatic carbocycles. The summed E-state index contributed by atoms with van der Waals surface area (Å²) in [4.78, 5) is 12.3. The minimum atomic E-state index is -0.473. The average Bonchev–Trinajstić information content (AvgIpc) is 2.54. The van der Waals surface area contributed by atoms with E-state index in [2.05, 4.69) is 37.2 Å². The van der Waals surface area contributed by atoms with E-state index in [-0.39, 0.29) is 5.57 Å². The molecule has 1 N–H and O–H groups in total. The molecule has 0 aromatic heterocycles. The molecule has 0 radical (unpaired) electrons. The van der Waals surface area contributed by atoms with Crippen molar-refractivity contribution in [1.82, 2.24) is 0 Å². The number of hydrogen-bond donors (Lipinski definition) is 1. The van der Waals surface area contributed by atoms with E-state index in [0.29, 0.717) is 17.0 Å². The molecule has 2 aromatic rings. The lowest BCUT2D eigenvalue weighted by Crippen LogP contribution is -2.13. The number of nitrogens with one attached hydrogen (secondary N) is 1. The van der Waals surface area contributed by atoms with Crippen LogP contribution in [0.25, 0.3) is 6.08 Å². The van der Waals surface area contributed by atoms with Gasteiger partial charge in [-0.15, -0.1) is 0 Å². The van der Waals surface area contributed by atoms with Crippen LogP contribution in [0.2, 0.25) is 0 Å². The van der Waals surface area contributed by atoms with Gasteiger partial charge in [0.15, 0.2) is 0 Å². The highest BCUT2D eigenvalue weighted by Crippen LogP contribution is 2.34. The molecule has 0 aliphatic heterocycles. The first-order valence-corrected chi connectivity index (χ1v) is 8.56. The van der Waals surface area contributed by atoms with Crippen LogP contribution in [-0.2, 0) is 4.79 Å². The number of carbonyl (C=O) groups excluding carboxylic acids is 1. The van der Waals surface area contributed by atoms with E-state index >= 15 is 0 Å². The van der Waals surface area contributed by atoms with E-state index in [9.17, 15) is 10.1 Å². The summed E-state index contributed by atoms with van der Waals surface area (Å²) in [7, 11) is 1.53. The zero-order valence-corrected chi connectivity index (χ0v) is 16.2. The Hall–Kier alpha value is -2.10. The van der Waals surface area contributed by atoms with Gasteiger partial charge in [-0.1, -0.05) is 33.6 Å². The first kappa shape index (κ1) is 18.2. The van der Waals surface area contributed by atoms with Gasteiger partial charge >= 0.3 is 0 Å². The van der Waals surface area contributed by atoms with Gasteiger partial charge in [-0.3, -0.25) is 4.79 Å². The van der Waals surface area contributed by atoms with Crippen LogP contribution in [0.1, 0.15) is 11.1 Å². The Bertz CT molecular complexity index is 837. The maximum absolute atomic E-state index is 12.3. The van der Waals surface area contributed by atoms with Gasteiger partial charge in [0.25, 0.3) is 5.91 Å². The van der Waals surface area contributed by atoms with Crippen LogP contribution in [0.3, 0.4) is 0 Å². The highest BCUT2D eigenvalue weighted by atomic mass is 79.9. The van der Waals surface area contributed by atoms with Crippen molar-refractivity contribution in [3.05, 3.63) is 62.0 Å². The minimum Gasteiger partial charge on any atom is -0.495 e. The van der Waals surface area contributed by atoms with Crippen LogP contribution < -0.4 is 10.1 Å². The molecule has 0 fully saturated rings. The maximum atomic E-state index is 12.3. The molecule has 0 spiro atoms. The van der Waals surface area contributed by atoms with E-state index in [1.165, 1.54) is 13.2 Å². The largest absolute Gasteiger partial charge is 0.495 e. The van der Waals surface area contributed by atoms with Gasteiger partial charge in [0.1, 0.15) is 17.4 Å². The number of anilines is 1. The van der Waals surface area contributed by atoms with Crippen LogP contribution in [0, 0.1) is 18.3 Å². The number of nitriles is 1. The molecule has 0 saturated heterocycles. The molecule has 0 heterocycles. The highest BCUT2D eigenvalue weighted by molar-refractivity contribution is 9.11. The van der Waals surface area contributed by atoms with Gasteiger partial charge in [-0.2, -0.15) is 5.26 Å². The second kappa shape index (κ2) is 8.13. The zero-order chi connectivity index (χ0) is 17.7. The van der Waals surface area contributed by atoms with Gasteiger partial charge in [0.2, 0.25) is 0 Å². The fraction of sp³-hybridized carbons (Fsp3) is 0.111. The number of hydrogen-bond acceptors (Lipinski definition) is 3. The van der Waals surface area contributed by atoms with Crippen molar-refractivity contribution in [3.8, 4) is 11.8 Å². The van der Waals surface area contributed by atoms with Crippen molar-refractivity contribution in [1.29, 1.82) is 5.26 Å². The minimum absolute atomic E-state index is 0.0149. The summed E-state index contributed by atoms with van der Waals surface area (Å²) in [5.74, 6) is 0.0774. The Morgan fingerprint density at radius 3 is 2.50 bits per heavy atom. The van der Waals surface area contributed by atoms with Crippen molar-refractivity contribution in [3.63, 3.8) is 0 Å². The van der Waals surface area contributed by atoms with Crippen LogP contribution in [0.5, 0.6) is 5.75 Å². The molecule has 2 rings (SSSR count). The summed E-state index contributed by atoms with van der Waals surface area (Å²) < 4.78 is 6.86. The van der Waals surface area contributed by atoms with E-state index in [1.54, 1.807) is 18.2 Å². The Morgan fingerprint density at radius 1 is 1.25 bits per heavy atom. The number of aryl methyl sites for hydroxylation is 1. The van der Waals surface area contributed by atoms with E-state index in [0.717, 1.165) is 14.5 Å². The molecule has 4 nitrogen and oxygen atoms in total. The van der Waals surface area contributed by atoms with Gasteiger partial charge in [-0.25, -0.2) is 0 Å². The van der Waals surface area contributed by atoms with Crippen LogP contribution in [0.15, 0.2) is 50.9 Å². The Labute approximate surface area is 157 Å². The number of carbonyl (C=O) groups is 1. The predicted octanol–water partition coefficient (Wildman–Crippen LogP) is 5.07. The SMILES string of the molecule is COc1c(Br)cc(Br)cc1/C=C(\C#N)C(=O)Nc1ccc(C)cc1. The first-order chi connectivity index (χ1) is 11.4. The predicted molar refractivity (Wildman–Crippen MR) is 102 cm³/mol. The van der Waals surface area contributed by atoms with Crippen LogP contribution >= 0.6 is 31.9 Å². The van der Waals surface area contributed by atoms with Gasteiger partial charge in [-0.05, 0) is 53.2 Å². The van der Waals surface area contributed by atoms with E-state index in [1.807, 2.05) is 31.2 Å². The summed E-state index contributed by atoms with van der Waals surface area (Å²) >= 11 is 6.79. The lowest BCUT2D eigenvalue weighted by atomic mass is 10.1. The third-order valence-corrected chi connectivity index (χ3v) is 4.26. The van der Waals surface area contributed by atoms with Gasteiger partial charge in [0.05, 0.1) is 11.6 Å². The van der Waals surface area contributed by atoms with Crippen molar-refractivity contribution in [2.24, 2.45) is 0 Å². The Balaban J connectivity index is 2.34. The fourth-order valence-electron chi connectivity index (χ4n) is 2.04. The first-order valence-electron chi connectivity index (χ1n) is 6.97. The number of ether oxygens (including phenoxy) is 1. The van der Waals surface area contributed by atoms with Crippen LogP contribution in [-0.4, -0.2) is 13.0 Å². The van der Waals surface area contributed by atoms with Gasteiger partial charge < -0.3 is 10.1 Å². The summed E-state index contributed by atoms with van der Waals surface area (Å²) in [6, 6.07) is 12.9. The van der Waals surface area contributed by atoms with Crippen molar-refractivity contribution in [2.45, 2.75) is 6.92 Å². The Kier molecular flexibility index (Phi) is 6.18. The molecule has 1 amide bonds. The summed E-state index contributed by atoms with van der Waals surface area (Å²) in [6.45, 7) is 1.96. The standard InChI is InChI=1S/C18H14Br2N2O2/c1-11-3-5-15(6-4-11)22-18(23)13(10-21)7-12-8-14(19)9-16(20)17(12)24-2/h3-9H,1-2H3,(H,22,23)/b13-7+. The maximum Gasteiger partial charge on any atom is 0.266 e. The smallest absolute Gasteiger partial charge is 0.266 e. The number of amides is 1.